The van der Waals surface area contributed by atoms with E-state index in [4.69, 9.17) is 21.4 Å². The van der Waals surface area contributed by atoms with E-state index in [1.54, 1.807) is 12.1 Å². The molecule has 5 heteroatoms. The van der Waals surface area contributed by atoms with E-state index in [2.05, 4.69) is 15.9 Å². The van der Waals surface area contributed by atoms with Gasteiger partial charge in [-0.15, -0.1) is 0 Å². The number of carboxylic acid groups (broad SMARTS) is 1. The Hall–Kier alpha value is -1.52. The molecular formula is C14H10BrClO3. The summed E-state index contributed by atoms with van der Waals surface area (Å²) in [5.74, 6) is -0.382. The summed E-state index contributed by atoms with van der Waals surface area (Å²) in [5.41, 5.74) is 1.16. The summed E-state index contributed by atoms with van der Waals surface area (Å²) in [6.07, 6.45) is 0. The fourth-order valence-electron chi connectivity index (χ4n) is 1.54. The van der Waals surface area contributed by atoms with Crippen LogP contribution in [0.1, 0.15) is 15.9 Å². The molecule has 3 nitrogen and oxygen atoms in total. The lowest BCUT2D eigenvalue weighted by Crippen LogP contribution is -1.99. The minimum atomic E-state index is -0.970. The second-order valence-electron chi connectivity index (χ2n) is 3.87. The van der Waals surface area contributed by atoms with Gasteiger partial charge in [0.15, 0.2) is 0 Å². The Labute approximate surface area is 123 Å². The average molecular weight is 342 g/mol. The first-order valence-corrected chi connectivity index (χ1v) is 6.63. The summed E-state index contributed by atoms with van der Waals surface area (Å²) in [6, 6.07) is 12.0. The summed E-state index contributed by atoms with van der Waals surface area (Å²) in [6.45, 7) is 0.367. The molecule has 0 fully saturated rings. The highest BCUT2D eigenvalue weighted by molar-refractivity contribution is 9.10. The van der Waals surface area contributed by atoms with Crippen LogP contribution in [-0.2, 0) is 6.61 Å². The first kappa shape index (κ1) is 13.9. The first-order valence-electron chi connectivity index (χ1n) is 5.46. The maximum absolute atomic E-state index is 10.8. The van der Waals surface area contributed by atoms with Crippen molar-refractivity contribution in [3.05, 3.63) is 63.1 Å². The molecule has 0 aliphatic rings. The van der Waals surface area contributed by atoms with Crippen LogP contribution in [0.2, 0.25) is 5.02 Å². The lowest BCUT2D eigenvalue weighted by Gasteiger charge is -2.09. The Bertz CT molecular complexity index is 613. The normalized spacial score (nSPS) is 10.2. The van der Waals surface area contributed by atoms with Crippen LogP contribution in [-0.4, -0.2) is 11.1 Å². The molecule has 0 spiro atoms. The molecule has 19 heavy (non-hydrogen) atoms. The van der Waals surface area contributed by atoms with Gasteiger partial charge in [-0.25, -0.2) is 4.79 Å². The van der Waals surface area contributed by atoms with Crippen LogP contribution in [0.15, 0.2) is 46.9 Å². The number of benzene rings is 2. The fraction of sp³-hybridized carbons (Fsp3) is 0.0714. The highest BCUT2D eigenvalue weighted by Gasteiger charge is 2.07. The van der Waals surface area contributed by atoms with Crippen molar-refractivity contribution < 1.29 is 14.6 Å². The fourth-order valence-corrected chi connectivity index (χ4v) is 2.24. The van der Waals surface area contributed by atoms with E-state index in [-0.39, 0.29) is 5.56 Å². The number of aromatic carboxylic acids is 1. The lowest BCUT2D eigenvalue weighted by atomic mass is 10.2. The zero-order valence-corrected chi connectivity index (χ0v) is 12.1. The molecule has 0 saturated heterocycles. The smallest absolute Gasteiger partial charge is 0.335 e. The van der Waals surface area contributed by atoms with Crippen LogP contribution in [0.5, 0.6) is 5.75 Å². The average Bonchev–Trinajstić information content (AvgIpc) is 2.37. The Balaban J connectivity index is 2.10. The van der Waals surface area contributed by atoms with Gasteiger partial charge in [-0.1, -0.05) is 23.7 Å². The molecule has 0 unspecified atom stereocenters. The molecule has 0 aromatic heterocycles. The summed E-state index contributed by atoms with van der Waals surface area (Å²) in [5, 5.41) is 9.52. The van der Waals surface area contributed by atoms with Crippen LogP contribution < -0.4 is 4.74 Å². The topological polar surface area (TPSA) is 46.5 Å². The molecule has 0 amide bonds. The second kappa shape index (κ2) is 6.08. The molecule has 98 valence electrons. The number of rotatable bonds is 4. The predicted molar refractivity (Wildman–Crippen MR) is 76.9 cm³/mol. The molecule has 0 aliphatic heterocycles. The molecule has 0 radical (unpaired) electrons. The van der Waals surface area contributed by atoms with Crippen molar-refractivity contribution in [1.29, 1.82) is 0 Å². The number of halogens is 2. The number of ether oxygens (including phenoxy) is 1. The zero-order chi connectivity index (χ0) is 13.8. The number of hydrogen-bond acceptors (Lipinski definition) is 2. The van der Waals surface area contributed by atoms with Crippen LogP contribution in [0.4, 0.5) is 0 Å². The van der Waals surface area contributed by atoms with Gasteiger partial charge in [0.25, 0.3) is 0 Å². The Morgan fingerprint density at radius 1 is 1.26 bits per heavy atom. The van der Waals surface area contributed by atoms with E-state index in [0.717, 1.165) is 5.56 Å². The highest BCUT2D eigenvalue weighted by Crippen LogP contribution is 2.27. The van der Waals surface area contributed by atoms with Crippen molar-refractivity contribution in [3.63, 3.8) is 0 Å². The molecule has 0 aliphatic carbocycles. The molecule has 2 aromatic carbocycles. The molecular weight excluding hydrogens is 332 g/mol. The van der Waals surface area contributed by atoms with E-state index in [0.29, 0.717) is 21.9 Å². The molecule has 0 atom stereocenters. The lowest BCUT2D eigenvalue weighted by molar-refractivity contribution is 0.0696. The SMILES string of the molecule is O=C(O)c1ccc(OCc2cccc(Cl)c2)c(Br)c1. The van der Waals surface area contributed by atoms with Crippen molar-refractivity contribution in [2.45, 2.75) is 6.61 Å². The van der Waals surface area contributed by atoms with Gasteiger partial charge in [0, 0.05) is 5.02 Å². The third-order valence-electron chi connectivity index (χ3n) is 2.46. The van der Waals surface area contributed by atoms with Crippen LogP contribution in [0.3, 0.4) is 0 Å². The summed E-state index contributed by atoms with van der Waals surface area (Å²) < 4.78 is 6.22. The number of hydrogen-bond donors (Lipinski definition) is 1. The van der Waals surface area contributed by atoms with Gasteiger partial charge in [0.2, 0.25) is 0 Å². The van der Waals surface area contributed by atoms with E-state index in [1.165, 1.54) is 12.1 Å². The van der Waals surface area contributed by atoms with Crippen molar-refractivity contribution in [2.75, 3.05) is 0 Å². The number of carbonyl (C=O) groups is 1. The number of carboxylic acids is 1. The summed E-state index contributed by atoms with van der Waals surface area (Å²) in [4.78, 5) is 10.8. The minimum Gasteiger partial charge on any atom is -0.488 e. The zero-order valence-electron chi connectivity index (χ0n) is 9.77. The Kier molecular flexibility index (Phi) is 4.45. The van der Waals surface area contributed by atoms with E-state index in [9.17, 15) is 4.79 Å². The van der Waals surface area contributed by atoms with Gasteiger partial charge in [-0.05, 0) is 51.8 Å². The maximum Gasteiger partial charge on any atom is 0.335 e. The van der Waals surface area contributed by atoms with Crippen LogP contribution in [0, 0.1) is 0 Å². The van der Waals surface area contributed by atoms with Gasteiger partial charge >= 0.3 is 5.97 Å². The molecule has 2 rings (SSSR count). The van der Waals surface area contributed by atoms with E-state index < -0.39 is 5.97 Å². The minimum absolute atomic E-state index is 0.210. The maximum atomic E-state index is 10.8. The van der Waals surface area contributed by atoms with E-state index in [1.807, 2.05) is 18.2 Å². The molecule has 0 heterocycles. The van der Waals surface area contributed by atoms with Crippen molar-refractivity contribution in [1.82, 2.24) is 0 Å². The van der Waals surface area contributed by atoms with Gasteiger partial charge in [-0.2, -0.15) is 0 Å². The predicted octanol–water partition coefficient (Wildman–Crippen LogP) is 4.38. The van der Waals surface area contributed by atoms with Gasteiger partial charge in [-0.3, -0.25) is 0 Å². The summed E-state index contributed by atoms with van der Waals surface area (Å²) in [7, 11) is 0. The Morgan fingerprint density at radius 3 is 2.68 bits per heavy atom. The monoisotopic (exact) mass is 340 g/mol. The second-order valence-corrected chi connectivity index (χ2v) is 5.16. The molecule has 0 bridgehead atoms. The molecule has 1 N–H and O–H groups in total. The third-order valence-corrected chi connectivity index (χ3v) is 3.32. The largest absolute Gasteiger partial charge is 0.488 e. The van der Waals surface area contributed by atoms with E-state index >= 15 is 0 Å². The standard InChI is InChI=1S/C14H10BrClO3/c15-12-7-10(14(17)18)4-5-13(12)19-8-9-2-1-3-11(16)6-9/h1-7H,8H2,(H,17,18). The van der Waals surface area contributed by atoms with Crippen molar-refractivity contribution >= 4 is 33.5 Å². The van der Waals surface area contributed by atoms with Crippen LogP contribution in [0.25, 0.3) is 0 Å². The van der Waals surface area contributed by atoms with Crippen LogP contribution >= 0.6 is 27.5 Å². The molecule has 2 aromatic rings. The van der Waals surface area contributed by atoms with Crippen molar-refractivity contribution in [2.24, 2.45) is 0 Å². The van der Waals surface area contributed by atoms with Crippen molar-refractivity contribution in [3.8, 4) is 5.75 Å². The quantitative estimate of drug-likeness (QED) is 0.897. The highest BCUT2D eigenvalue weighted by atomic mass is 79.9. The molecule has 0 saturated carbocycles. The van der Waals surface area contributed by atoms with Gasteiger partial charge in [0.1, 0.15) is 12.4 Å². The third kappa shape index (κ3) is 3.72. The summed E-state index contributed by atoms with van der Waals surface area (Å²) >= 11 is 9.17. The Morgan fingerprint density at radius 2 is 2.05 bits per heavy atom. The first-order chi connectivity index (χ1) is 9.06. The van der Waals surface area contributed by atoms with Gasteiger partial charge in [0.05, 0.1) is 10.0 Å². The van der Waals surface area contributed by atoms with Gasteiger partial charge < -0.3 is 9.84 Å².